The first-order valence-corrected chi connectivity index (χ1v) is 7.02. The first-order valence-electron chi connectivity index (χ1n) is 7.02. The van der Waals surface area contributed by atoms with Gasteiger partial charge in [0.15, 0.2) is 0 Å². The topological polar surface area (TPSA) is 55.6 Å². The molecule has 0 aliphatic rings. The predicted molar refractivity (Wildman–Crippen MR) is 86.5 cm³/mol. The molecule has 0 aliphatic heterocycles. The Bertz CT molecular complexity index is 854. The van der Waals surface area contributed by atoms with Crippen LogP contribution in [0.15, 0.2) is 53.5 Å². The summed E-state index contributed by atoms with van der Waals surface area (Å²) in [5, 5.41) is 3.25. The lowest BCUT2D eigenvalue weighted by Crippen LogP contribution is -2.17. The Morgan fingerprint density at radius 3 is 2.68 bits per heavy atom. The van der Waals surface area contributed by atoms with Gasteiger partial charge in [0.05, 0.1) is 19.3 Å². The molecule has 22 heavy (non-hydrogen) atoms. The van der Waals surface area contributed by atoms with Crippen molar-refractivity contribution in [1.29, 1.82) is 0 Å². The smallest absolute Gasteiger partial charge is 0.258 e. The summed E-state index contributed by atoms with van der Waals surface area (Å²) < 4.78 is 6.68. The Balaban J connectivity index is 1.81. The van der Waals surface area contributed by atoms with E-state index >= 15 is 0 Å². The molecule has 3 aromatic rings. The summed E-state index contributed by atoms with van der Waals surface area (Å²) in [6.07, 6.45) is 1.80. The highest BCUT2D eigenvalue weighted by molar-refractivity contribution is 5.47. The molecule has 2 aromatic heterocycles. The van der Waals surface area contributed by atoms with Crippen LogP contribution in [0.3, 0.4) is 0 Å². The molecule has 0 spiro atoms. The number of ether oxygens (including phenoxy) is 1. The van der Waals surface area contributed by atoms with Gasteiger partial charge < -0.3 is 10.1 Å². The van der Waals surface area contributed by atoms with Crippen molar-refractivity contribution in [3.63, 3.8) is 0 Å². The van der Waals surface area contributed by atoms with E-state index in [0.29, 0.717) is 17.9 Å². The summed E-state index contributed by atoms with van der Waals surface area (Å²) in [7, 11) is 1.64. The first kappa shape index (κ1) is 14.1. The van der Waals surface area contributed by atoms with Crippen LogP contribution in [0.5, 0.6) is 5.75 Å². The van der Waals surface area contributed by atoms with Crippen LogP contribution < -0.4 is 15.6 Å². The van der Waals surface area contributed by atoms with Crippen molar-refractivity contribution in [3.05, 3.63) is 70.3 Å². The summed E-state index contributed by atoms with van der Waals surface area (Å²) >= 11 is 0. The van der Waals surface area contributed by atoms with Gasteiger partial charge in [0.2, 0.25) is 0 Å². The zero-order chi connectivity index (χ0) is 15.5. The van der Waals surface area contributed by atoms with E-state index in [0.717, 1.165) is 17.0 Å². The Labute approximate surface area is 128 Å². The number of aromatic nitrogens is 2. The average Bonchev–Trinajstić information content (AvgIpc) is 2.54. The fraction of sp³-hybridized carbons (Fsp3) is 0.176. The molecular formula is C17H17N3O2. The highest BCUT2D eigenvalue weighted by atomic mass is 16.5. The van der Waals surface area contributed by atoms with E-state index in [2.05, 4.69) is 10.3 Å². The van der Waals surface area contributed by atoms with Gasteiger partial charge in [-0.25, -0.2) is 4.98 Å². The molecule has 0 atom stereocenters. The second-order valence-electron chi connectivity index (χ2n) is 5.10. The Morgan fingerprint density at radius 1 is 1.18 bits per heavy atom. The zero-order valence-electron chi connectivity index (χ0n) is 12.5. The van der Waals surface area contributed by atoms with Crippen molar-refractivity contribution >= 4 is 11.3 Å². The van der Waals surface area contributed by atoms with Gasteiger partial charge in [-0.15, -0.1) is 0 Å². The van der Waals surface area contributed by atoms with Gasteiger partial charge >= 0.3 is 0 Å². The number of pyridine rings is 1. The number of fused-ring (bicyclic) bond motifs is 1. The molecule has 112 valence electrons. The molecule has 5 heteroatoms. The Kier molecular flexibility index (Phi) is 3.78. The number of anilines is 1. The van der Waals surface area contributed by atoms with E-state index in [1.165, 1.54) is 0 Å². The standard InChI is InChI=1S/C17H17N3O2/c1-12-3-8-16-19-14(9-17(21)20(16)11-12)10-18-13-4-6-15(22-2)7-5-13/h3-9,11,18H,10H2,1-2H3. The van der Waals surface area contributed by atoms with Crippen molar-refractivity contribution in [3.8, 4) is 5.75 Å². The minimum Gasteiger partial charge on any atom is -0.497 e. The van der Waals surface area contributed by atoms with Crippen LogP contribution in [-0.2, 0) is 6.54 Å². The van der Waals surface area contributed by atoms with Gasteiger partial charge in [-0.1, -0.05) is 6.07 Å². The molecule has 0 aliphatic carbocycles. The average molecular weight is 295 g/mol. The van der Waals surface area contributed by atoms with Gasteiger partial charge in [0.1, 0.15) is 11.4 Å². The molecule has 5 nitrogen and oxygen atoms in total. The number of rotatable bonds is 4. The van der Waals surface area contributed by atoms with Crippen molar-refractivity contribution in [2.75, 3.05) is 12.4 Å². The third-order valence-electron chi connectivity index (χ3n) is 3.42. The molecule has 0 fully saturated rings. The SMILES string of the molecule is COc1ccc(NCc2cc(=O)n3cc(C)ccc3n2)cc1. The van der Waals surface area contributed by atoms with Crippen LogP contribution in [-0.4, -0.2) is 16.5 Å². The minimum atomic E-state index is -0.0692. The second-order valence-corrected chi connectivity index (χ2v) is 5.10. The van der Waals surface area contributed by atoms with Crippen LogP contribution in [0.4, 0.5) is 5.69 Å². The van der Waals surface area contributed by atoms with Crippen molar-refractivity contribution in [2.24, 2.45) is 0 Å². The van der Waals surface area contributed by atoms with Gasteiger partial charge in [-0.05, 0) is 42.8 Å². The van der Waals surface area contributed by atoms with Crippen molar-refractivity contribution in [2.45, 2.75) is 13.5 Å². The first-order chi connectivity index (χ1) is 10.7. The summed E-state index contributed by atoms with van der Waals surface area (Å²) in [6.45, 7) is 2.44. The number of aryl methyl sites for hydroxylation is 1. The molecule has 0 saturated heterocycles. The predicted octanol–water partition coefficient (Wildman–Crippen LogP) is 2.62. The van der Waals surface area contributed by atoms with Crippen LogP contribution in [0, 0.1) is 6.92 Å². The maximum absolute atomic E-state index is 12.1. The molecule has 0 amide bonds. The third kappa shape index (κ3) is 2.93. The summed E-state index contributed by atoms with van der Waals surface area (Å²) in [4.78, 5) is 16.6. The molecule has 0 radical (unpaired) electrons. The number of nitrogens with one attached hydrogen (secondary N) is 1. The van der Waals surface area contributed by atoms with Crippen molar-refractivity contribution < 1.29 is 4.74 Å². The summed E-state index contributed by atoms with van der Waals surface area (Å²) in [5.74, 6) is 0.808. The highest BCUT2D eigenvalue weighted by Crippen LogP contribution is 2.15. The Hall–Kier alpha value is -2.82. The number of methoxy groups -OCH3 is 1. The Morgan fingerprint density at radius 2 is 1.95 bits per heavy atom. The fourth-order valence-corrected chi connectivity index (χ4v) is 2.25. The van der Waals surface area contributed by atoms with Crippen LogP contribution >= 0.6 is 0 Å². The molecule has 0 bridgehead atoms. The quantitative estimate of drug-likeness (QED) is 0.804. The maximum Gasteiger partial charge on any atom is 0.258 e. The summed E-state index contributed by atoms with van der Waals surface area (Å²) in [5.41, 5.74) is 3.28. The molecule has 0 unspecified atom stereocenters. The molecule has 1 N–H and O–H groups in total. The number of benzene rings is 1. The molecule has 3 rings (SSSR count). The normalized spacial score (nSPS) is 10.6. The second kappa shape index (κ2) is 5.89. The van der Waals surface area contributed by atoms with E-state index in [1.54, 1.807) is 23.8 Å². The zero-order valence-corrected chi connectivity index (χ0v) is 12.5. The number of hydrogen-bond acceptors (Lipinski definition) is 4. The minimum absolute atomic E-state index is 0.0692. The summed E-state index contributed by atoms with van der Waals surface area (Å²) in [6, 6.07) is 13.0. The van der Waals surface area contributed by atoms with Gasteiger partial charge in [-0.3, -0.25) is 9.20 Å². The van der Waals surface area contributed by atoms with Crippen LogP contribution in [0.2, 0.25) is 0 Å². The van der Waals surface area contributed by atoms with Gasteiger partial charge in [-0.2, -0.15) is 0 Å². The van der Waals surface area contributed by atoms with E-state index in [9.17, 15) is 4.79 Å². The van der Waals surface area contributed by atoms with Crippen LogP contribution in [0.25, 0.3) is 5.65 Å². The van der Waals surface area contributed by atoms with Gasteiger partial charge in [0, 0.05) is 18.0 Å². The highest BCUT2D eigenvalue weighted by Gasteiger charge is 2.03. The number of hydrogen-bond donors (Lipinski definition) is 1. The number of nitrogens with zero attached hydrogens (tertiary/aromatic N) is 2. The van der Waals surface area contributed by atoms with Gasteiger partial charge in [0.25, 0.3) is 5.56 Å². The van der Waals surface area contributed by atoms with E-state index in [1.807, 2.05) is 43.3 Å². The van der Waals surface area contributed by atoms with E-state index in [4.69, 9.17) is 4.74 Å². The molecular weight excluding hydrogens is 278 g/mol. The molecule has 0 saturated carbocycles. The van der Waals surface area contributed by atoms with Crippen LogP contribution in [0.1, 0.15) is 11.3 Å². The fourth-order valence-electron chi connectivity index (χ4n) is 2.25. The lowest BCUT2D eigenvalue weighted by Gasteiger charge is -2.08. The van der Waals surface area contributed by atoms with E-state index in [-0.39, 0.29) is 5.56 Å². The molecule has 1 aromatic carbocycles. The largest absolute Gasteiger partial charge is 0.497 e. The molecule has 2 heterocycles. The maximum atomic E-state index is 12.1. The third-order valence-corrected chi connectivity index (χ3v) is 3.42. The van der Waals surface area contributed by atoms with Crippen molar-refractivity contribution in [1.82, 2.24) is 9.38 Å². The monoisotopic (exact) mass is 295 g/mol. The van der Waals surface area contributed by atoms with E-state index < -0.39 is 0 Å². The lowest BCUT2D eigenvalue weighted by molar-refractivity contribution is 0.415. The lowest BCUT2D eigenvalue weighted by atomic mass is 10.3.